The van der Waals surface area contributed by atoms with E-state index in [-0.39, 0.29) is 12.1 Å². The summed E-state index contributed by atoms with van der Waals surface area (Å²) in [7, 11) is 0. The number of epoxide rings is 1. The fraction of sp³-hybridized carbons (Fsp3) is 0.364. The van der Waals surface area contributed by atoms with E-state index < -0.39 is 6.09 Å². The molecule has 0 aromatic heterocycles. The first-order valence-electron chi connectivity index (χ1n) is 4.90. The zero-order chi connectivity index (χ0) is 10.7. The number of hydrogen-bond donors (Lipinski definition) is 2. The molecule has 0 unspecified atom stereocenters. The molecule has 1 saturated heterocycles. The highest BCUT2D eigenvalue weighted by Gasteiger charge is 2.33. The first-order valence-corrected chi connectivity index (χ1v) is 4.90. The van der Waals surface area contributed by atoms with Gasteiger partial charge in [-0.2, -0.15) is 0 Å². The van der Waals surface area contributed by atoms with Gasteiger partial charge >= 0.3 is 6.09 Å². The summed E-state index contributed by atoms with van der Waals surface area (Å²) < 4.78 is 5.12. The van der Waals surface area contributed by atoms with Gasteiger partial charge in [-0.25, -0.2) is 4.79 Å². The van der Waals surface area contributed by atoms with Gasteiger partial charge in [-0.3, -0.25) is 0 Å². The van der Waals surface area contributed by atoms with E-state index in [0.29, 0.717) is 13.0 Å². The summed E-state index contributed by atoms with van der Waals surface area (Å²) >= 11 is 0. The van der Waals surface area contributed by atoms with Crippen molar-refractivity contribution in [1.29, 1.82) is 0 Å². The molecule has 1 aromatic rings. The second kappa shape index (κ2) is 4.31. The molecule has 1 amide bonds. The fourth-order valence-corrected chi connectivity index (χ4v) is 1.59. The number of carboxylic acid groups (broad SMARTS) is 1. The molecule has 0 spiro atoms. The molecule has 0 saturated carbocycles. The molecule has 0 aliphatic carbocycles. The number of carbonyl (C=O) groups is 1. The lowest BCUT2D eigenvalue weighted by atomic mass is 10.0. The zero-order valence-electron chi connectivity index (χ0n) is 8.22. The second-order valence-corrected chi connectivity index (χ2v) is 3.62. The molecule has 2 rings (SSSR count). The van der Waals surface area contributed by atoms with Gasteiger partial charge in [-0.05, 0) is 12.0 Å². The van der Waals surface area contributed by atoms with Crippen LogP contribution in [0.1, 0.15) is 5.56 Å². The third-order valence-electron chi connectivity index (χ3n) is 2.42. The van der Waals surface area contributed by atoms with E-state index in [4.69, 9.17) is 9.84 Å². The number of ether oxygens (including phenoxy) is 1. The molecule has 1 heterocycles. The molecule has 1 fully saturated rings. The van der Waals surface area contributed by atoms with Crippen LogP contribution in [0.25, 0.3) is 0 Å². The molecule has 0 bridgehead atoms. The molecule has 1 aliphatic heterocycles. The average molecular weight is 207 g/mol. The molecule has 2 atom stereocenters. The highest BCUT2D eigenvalue weighted by atomic mass is 16.6. The van der Waals surface area contributed by atoms with Crippen LogP contribution in [0, 0.1) is 0 Å². The highest BCUT2D eigenvalue weighted by molar-refractivity contribution is 5.65. The van der Waals surface area contributed by atoms with Crippen LogP contribution in [0.15, 0.2) is 30.3 Å². The molecule has 0 radical (unpaired) electrons. The van der Waals surface area contributed by atoms with Crippen molar-refractivity contribution in [2.24, 2.45) is 0 Å². The summed E-state index contributed by atoms with van der Waals surface area (Å²) in [4.78, 5) is 10.6. The predicted molar refractivity (Wildman–Crippen MR) is 54.8 cm³/mol. The maximum atomic E-state index is 10.6. The van der Waals surface area contributed by atoms with Gasteiger partial charge in [0.05, 0.1) is 12.6 Å². The van der Waals surface area contributed by atoms with Crippen LogP contribution in [0.4, 0.5) is 4.79 Å². The minimum Gasteiger partial charge on any atom is -0.465 e. The van der Waals surface area contributed by atoms with E-state index in [1.807, 2.05) is 30.3 Å². The van der Waals surface area contributed by atoms with Crippen LogP contribution in [0.5, 0.6) is 0 Å². The molecule has 2 N–H and O–H groups in total. The molecule has 1 aromatic carbocycles. The van der Waals surface area contributed by atoms with Gasteiger partial charge in [0.2, 0.25) is 0 Å². The van der Waals surface area contributed by atoms with Crippen LogP contribution in [0.2, 0.25) is 0 Å². The Bertz CT molecular complexity index is 335. The van der Waals surface area contributed by atoms with Crippen LogP contribution >= 0.6 is 0 Å². The molecular formula is C11H13NO3. The van der Waals surface area contributed by atoms with Crippen molar-refractivity contribution in [3.63, 3.8) is 0 Å². The maximum Gasteiger partial charge on any atom is 0.404 e. The maximum absolute atomic E-state index is 10.6. The van der Waals surface area contributed by atoms with E-state index in [0.717, 1.165) is 5.56 Å². The Kier molecular flexibility index (Phi) is 2.87. The first kappa shape index (κ1) is 9.98. The van der Waals surface area contributed by atoms with Gasteiger partial charge in [0.1, 0.15) is 6.10 Å². The Morgan fingerprint density at radius 3 is 2.73 bits per heavy atom. The Morgan fingerprint density at radius 2 is 2.20 bits per heavy atom. The molecule has 1 aliphatic rings. The quantitative estimate of drug-likeness (QED) is 0.731. The number of rotatable bonds is 4. The largest absolute Gasteiger partial charge is 0.465 e. The van der Waals surface area contributed by atoms with Crippen LogP contribution < -0.4 is 5.32 Å². The molecular weight excluding hydrogens is 194 g/mol. The van der Waals surface area contributed by atoms with E-state index in [2.05, 4.69) is 5.32 Å². The van der Waals surface area contributed by atoms with Gasteiger partial charge in [-0.1, -0.05) is 30.3 Å². The summed E-state index contributed by atoms with van der Waals surface area (Å²) in [5, 5.41) is 11.2. The predicted octanol–water partition coefficient (Wildman–Crippen LogP) is 1.26. The normalized spacial score (nSPS) is 20.7. The van der Waals surface area contributed by atoms with Crippen molar-refractivity contribution in [2.75, 3.05) is 6.61 Å². The lowest BCUT2D eigenvalue weighted by Gasteiger charge is -2.14. The third kappa shape index (κ3) is 2.95. The molecule has 80 valence electrons. The third-order valence-corrected chi connectivity index (χ3v) is 2.42. The minimum absolute atomic E-state index is 0.0429. The number of hydrogen-bond acceptors (Lipinski definition) is 2. The van der Waals surface area contributed by atoms with Crippen LogP contribution in [0.3, 0.4) is 0 Å². The highest BCUT2D eigenvalue weighted by Crippen LogP contribution is 2.17. The number of nitrogens with one attached hydrogen (secondary N) is 1. The topological polar surface area (TPSA) is 61.9 Å². The van der Waals surface area contributed by atoms with E-state index in [1.54, 1.807) is 0 Å². The van der Waals surface area contributed by atoms with Crippen molar-refractivity contribution in [3.05, 3.63) is 35.9 Å². The smallest absolute Gasteiger partial charge is 0.404 e. The Hall–Kier alpha value is -1.55. The van der Waals surface area contributed by atoms with Crippen molar-refractivity contribution < 1.29 is 14.6 Å². The fourth-order valence-electron chi connectivity index (χ4n) is 1.59. The van der Waals surface area contributed by atoms with E-state index in [1.165, 1.54) is 0 Å². The monoisotopic (exact) mass is 207 g/mol. The molecule has 4 nitrogen and oxygen atoms in total. The van der Waals surface area contributed by atoms with E-state index in [9.17, 15) is 4.79 Å². The summed E-state index contributed by atoms with van der Waals surface area (Å²) in [6.07, 6.45) is -0.273. The Balaban J connectivity index is 1.97. The van der Waals surface area contributed by atoms with Gasteiger partial charge < -0.3 is 15.2 Å². The summed E-state index contributed by atoms with van der Waals surface area (Å²) in [5.74, 6) is 0. The van der Waals surface area contributed by atoms with Crippen molar-refractivity contribution in [2.45, 2.75) is 18.6 Å². The molecule has 15 heavy (non-hydrogen) atoms. The number of amides is 1. The second-order valence-electron chi connectivity index (χ2n) is 3.62. The van der Waals surface area contributed by atoms with Gasteiger partial charge in [0.25, 0.3) is 0 Å². The molecule has 4 heteroatoms. The van der Waals surface area contributed by atoms with Gasteiger partial charge in [-0.15, -0.1) is 0 Å². The van der Waals surface area contributed by atoms with E-state index >= 15 is 0 Å². The van der Waals surface area contributed by atoms with Crippen molar-refractivity contribution >= 4 is 6.09 Å². The summed E-state index contributed by atoms with van der Waals surface area (Å²) in [6, 6.07) is 9.67. The van der Waals surface area contributed by atoms with Crippen molar-refractivity contribution in [1.82, 2.24) is 5.32 Å². The van der Waals surface area contributed by atoms with Crippen LogP contribution in [-0.4, -0.2) is 30.0 Å². The Labute approximate surface area is 87.9 Å². The SMILES string of the molecule is O=C(O)N[C@@H](Cc1ccccc1)[C@H]1CO1. The summed E-state index contributed by atoms with van der Waals surface area (Å²) in [5.41, 5.74) is 1.12. The first-order chi connectivity index (χ1) is 7.25. The van der Waals surface area contributed by atoms with Gasteiger partial charge in [0.15, 0.2) is 0 Å². The number of benzene rings is 1. The minimum atomic E-state index is -0.994. The Morgan fingerprint density at radius 1 is 1.53 bits per heavy atom. The lowest BCUT2D eigenvalue weighted by Crippen LogP contribution is -2.39. The zero-order valence-corrected chi connectivity index (χ0v) is 8.22. The van der Waals surface area contributed by atoms with Crippen molar-refractivity contribution in [3.8, 4) is 0 Å². The van der Waals surface area contributed by atoms with Gasteiger partial charge in [0, 0.05) is 0 Å². The van der Waals surface area contributed by atoms with Crippen LogP contribution in [-0.2, 0) is 11.2 Å². The average Bonchev–Trinajstić information content (AvgIpc) is 3.01. The standard InChI is InChI=1S/C11H13NO3/c13-11(14)12-9(10-7-15-10)6-8-4-2-1-3-5-8/h1-5,9-10,12H,6-7H2,(H,13,14)/t9-,10+/m0/s1. The lowest BCUT2D eigenvalue weighted by molar-refractivity contribution is 0.186. The summed E-state index contributed by atoms with van der Waals surface area (Å²) in [6.45, 7) is 0.651.